The summed E-state index contributed by atoms with van der Waals surface area (Å²) in [5.74, 6) is -2.74. The highest BCUT2D eigenvalue weighted by molar-refractivity contribution is 6.34. The van der Waals surface area contributed by atoms with Crippen molar-refractivity contribution in [3.63, 3.8) is 0 Å². The largest absolute Gasteiger partial charge is 0.451 e. The third-order valence-corrected chi connectivity index (χ3v) is 2.42. The first-order valence-corrected chi connectivity index (χ1v) is 5.39. The van der Waals surface area contributed by atoms with Crippen molar-refractivity contribution in [3.05, 3.63) is 59.7 Å². The second kappa shape index (κ2) is 5.39. The Morgan fingerprint density at radius 2 is 1.74 bits per heavy atom. The lowest BCUT2D eigenvalue weighted by Crippen LogP contribution is -2.04. The van der Waals surface area contributed by atoms with Gasteiger partial charge in [0.1, 0.15) is 0 Å². The summed E-state index contributed by atoms with van der Waals surface area (Å²) < 4.78 is 32.4. The molecular weight excluding hydrogens is 252 g/mol. The number of rotatable bonds is 4. The average molecular weight is 261 g/mol. The van der Waals surface area contributed by atoms with Crippen LogP contribution >= 0.6 is 0 Å². The zero-order valence-corrected chi connectivity index (χ0v) is 9.69. The molecule has 2 aromatic carbocycles. The molecule has 0 aliphatic rings. The number of hydrogen-bond donors (Lipinski definition) is 1. The van der Waals surface area contributed by atoms with Crippen LogP contribution in [-0.4, -0.2) is 12.0 Å². The van der Waals surface area contributed by atoms with Crippen molar-refractivity contribution in [1.29, 1.82) is 5.41 Å². The molecule has 2 aromatic rings. The molecule has 0 saturated carbocycles. The number of halogens is 2. The Hall–Kier alpha value is -2.56. The second-order valence-electron chi connectivity index (χ2n) is 3.66. The van der Waals surface area contributed by atoms with Crippen LogP contribution in [0.3, 0.4) is 0 Å². The van der Waals surface area contributed by atoms with E-state index in [-0.39, 0.29) is 17.1 Å². The van der Waals surface area contributed by atoms with Crippen LogP contribution in [0.15, 0.2) is 42.5 Å². The first-order valence-electron chi connectivity index (χ1n) is 5.39. The summed E-state index contributed by atoms with van der Waals surface area (Å²) in [6, 6.07) is 9.46. The fourth-order valence-corrected chi connectivity index (χ4v) is 1.50. The number of hydrogen-bond acceptors (Lipinski definition) is 3. The van der Waals surface area contributed by atoms with Crippen molar-refractivity contribution in [2.24, 2.45) is 0 Å². The summed E-state index contributed by atoms with van der Waals surface area (Å²) in [7, 11) is 0. The van der Waals surface area contributed by atoms with Crippen molar-refractivity contribution < 1.29 is 18.3 Å². The van der Waals surface area contributed by atoms with Crippen molar-refractivity contribution >= 4 is 12.0 Å². The van der Waals surface area contributed by atoms with Gasteiger partial charge >= 0.3 is 0 Å². The molecule has 1 N–H and O–H groups in total. The van der Waals surface area contributed by atoms with Crippen LogP contribution in [-0.2, 0) is 0 Å². The first kappa shape index (κ1) is 12.9. The molecule has 0 aromatic heterocycles. The van der Waals surface area contributed by atoms with E-state index in [1.54, 1.807) is 6.07 Å². The fourth-order valence-electron chi connectivity index (χ4n) is 1.50. The summed E-state index contributed by atoms with van der Waals surface area (Å²) in [5, 5.41) is 6.83. The topological polar surface area (TPSA) is 50.2 Å². The maximum Gasteiger partial charge on any atom is 0.206 e. The summed E-state index contributed by atoms with van der Waals surface area (Å²) in [5.41, 5.74) is -0.288. The SMILES string of the molecule is N=CC(=O)c1cccc(Oc2ccccc2F)c1F. The lowest BCUT2D eigenvalue weighted by molar-refractivity contribution is 0.106. The highest BCUT2D eigenvalue weighted by Gasteiger charge is 2.15. The normalized spacial score (nSPS) is 10.0. The Kier molecular flexibility index (Phi) is 3.66. The molecular formula is C14H9F2NO2. The quantitative estimate of drug-likeness (QED) is 0.675. The zero-order chi connectivity index (χ0) is 13.8. The molecule has 5 heteroatoms. The Bertz CT molecular complexity index is 641. The van der Waals surface area contributed by atoms with Crippen LogP contribution in [0.25, 0.3) is 0 Å². The van der Waals surface area contributed by atoms with Gasteiger partial charge in [0.25, 0.3) is 0 Å². The van der Waals surface area contributed by atoms with E-state index in [1.165, 1.54) is 36.4 Å². The third kappa shape index (κ3) is 2.65. The van der Waals surface area contributed by atoms with E-state index >= 15 is 0 Å². The van der Waals surface area contributed by atoms with Gasteiger partial charge in [-0.25, -0.2) is 8.78 Å². The van der Waals surface area contributed by atoms with Crippen LogP contribution < -0.4 is 4.74 Å². The molecule has 0 spiro atoms. The number of ether oxygens (including phenoxy) is 1. The third-order valence-electron chi connectivity index (χ3n) is 2.42. The summed E-state index contributed by atoms with van der Waals surface area (Å²) >= 11 is 0. The van der Waals surface area contributed by atoms with E-state index in [2.05, 4.69) is 0 Å². The predicted octanol–water partition coefficient (Wildman–Crippen LogP) is 3.59. The second-order valence-corrected chi connectivity index (χ2v) is 3.66. The lowest BCUT2D eigenvalue weighted by Gasteiger charge is -2.09. The Balaban J connectivity index is 2.39. The molecule has 0 radical (unpaired) electrons. The smallest absolute Gasteiger partial charge is 0.206 e. The molecule has 0 aliphatic heterocycles. The molecule has 0 saturated heterocycles. The van der Waals surface area contributed by atoms with E-state index in [0.29, 0.717) is 6.21 Å². The van der Waals surface area contributed by atoms with Crippen molar-refractivity contribution in [2.75, 3.05) is 0 Å². The van der Waals surface area contributed by atoms with Gasteiger partial charge in [-0.15, -0.1) is 0 Å². The van der Waals surface area contributed by atoms with Gasteiger partial charge in [-0.1, -0.05) is 18.2 Å². The summed E-state index contributed by atoms with van der Waals surface area (Å²) in [4.78, 5) is 11.3. The molecule has 0 aliphatic carbocycles. The van der Waals surface area contributed by atoms with Gasteiger partial charge in [-0.2, -0.15) is 0 Å². The van der Waals surface area contributed by atoms with Gasteiger partial charge in [0.15, 0.2) is 23.1 Å². The number of nitrogens with one attached hydrogen (secondary N) is 1. The van der Waals surface area contributed by atoms with Crippen molar-refractivity contribution in [2.45, 2.75) is 0 Å². The minimum absolute atomic E-state index is 0.138. The van der Waals surface area contributed by atoms with Crippen LogP contribution in [0.2, 0.25) is 0 Å². The highest BCUT2D eigenvalue weighted by Crippen LogP contribution is 2.28. The number of Topliss-reactive ketones (excluding diaryl/α,β-unsaturated/α-hetero) is 1. The van der Waals surface area contributed by atoms with Gasteiger partial charge in [-0.3, -0.25) is 4.79 Å². The predicted molar refractivity (Wildman–Crippen MR) is 66.0 cm³/mol. The monoisotopic (exact) mass is 261 g/mol. The standard InChI is InChI=1S/C14H9F2NO2/c15-10-5-1-2-6-12(10)19-13-7-3-4-9(14(13)16)11(18)8-17/h1-8,17H. The lowest BCUT2D eigenvalue weighted by atomic mass is 10.1. The molecule has 0 heterocycles. The highest BCUT2D eigenvalue weighted by atomic mass is 19.1. The molecule has 0 amide bonds. The van der Waals surface area contributed by atoms with Crippen molar-refractivity contribution in [3.8, 4) is 11.5 Å². The van der Waals surface area contributed by atoms with Crippen LogP contribution in [0.4, 0.5) is 8.78 Å². The van der Waals surface area contributed by atoms with E-state index < -0.39 is 17.4 Å². The summed E-state index contributed by atoms with van der Waals surface area (Å²) in [6.07, 6.45) is 0.505. The van der Waals surface area contributed by atoms with Crippen LogP contribution in [0, 0.1) is 17.0 Å². The Morgan fingerprint density at radius 3 is 2.42 bits per heavy atom. The Morgan fingerprint density at radius 1 is 1.05 bits per heavy atom. The summed E-state index contributed by atoms with van der Waals surface area (Å²) in [6.45, 7) is 0. The molecule has 0 atom stereocenters. The van der Waals surface area contributed by atoms with Gasteiger partial charge in [0.05, 0.1) is 11.8 Å². The first-order chi connectivity index (χ1) is 9.13. The number of ketones is 1. The maximum atomic E-state index is 14.0. The maximum absolute atomic E-state index is 14.0. The van der Waals surface area contributed by atoms with Gasteiger partial charge in [0, 0.05) is 0 Å². The number of carbonyl (C=O) groups excluding carboxylic acids is 1. The van der Waals surface area contributed by atoms with Gasteiger partial charge < -0.3 is 10.1 Å². The molecule has 2 rings (SSSR count). The zero-order valence-electron chi connectivity index (χ0n) is 9.69. The van der Waals surface area contributed by atoms with Gasteiger partial charge in [-0.05, 0) is 24.3 Å². The molecule has 0 bridgehead atoms. The van der Waals surface area contributed by atoms with Crippen LogP contribution in [0.5, 0.6) is 11.5 Å². The molecule has 0 unspecified atom stereocenters. The number of carbonyl (C=O) groups is 1. The number of benzene rings is 2. The molecule has 19 heavy (non-hydrogen) atoms. The van der Waals surface area contributed by atoms with Crippen LogP contribution in [0.1, 0.15) is 10.4 Å². The minimum Gasteiger partial charge on any atom is -0.451 e. The molecule has 0 fully saturated rings. The fraction of sp³-hybridized carbons (Fsp3) is 0. The van der Waals surface area contributed by atoms with Gasteiger partial charge in [0.2, 0.25) is 5.78 Å². The van der Waals surface area contributed by atoms with E-state index in [4.69, 9.17) is 10.1 Å². The minimum atomic E-state index is -0.917. The van der Waals surface area contributed by atoms with E-state index in [9.17, 15) is 13.6 Å². The molecule has 96 valence electrons. The molecule has 3 nitrogen and oxygen atoms in total. The van der Waals surface area contributed by atoms with E-state index in [1.807, 2.05) is 0 Å². The number of para-hydroxylation sites is 1. The average Bonchev–Trinajstić information content (AvgIpc) is 2.42. The van der Waals surface area contributed by atoms with E-state index in [0.717, 1.165) is 0 Å². The van der Waals surface area contributed by atoms with Crippen molar-refractivity contribution in [1.82, 2.24) is 0 Å². The Labute approximate surface area is 108 Å².